The van der Waals surface area contributed by atoms with Gasteiger partial charge in [-0.1, -0.05) is 0 Å². The van der Waals surface area contributed by atoms with Crippen molar-refractivity contribution < 1.29 is 5.11 Å². The molecule has 0 fully saturated rings. The number of aliphatic hydroxyl groups excluding tert-OH is 1. The Balaban J connectivity index is 2.29. The second-order valence-corrected chi connectivity index (χ2v) is 2.15. The summed E-state index contributed by atoms with van der Waals surface area (Å²) in [4.78, 5) is 0. The van der Waals surface area contributed by atoms with Crippen LogP contribution in [0.25, 0.3) is 0 Å². The highest BCUT2D eigenvalue weighted by atomic mass is 16.3. The largest absolute Gasteiger partial charge is 0.383 e. The van der Waals surface area contributed by atoms with Crippen LogP contribution in [0.5, 0.6) is 0 Å². The van der Waals surface area contributed by atoms with Gasteiger partial charge in [-0.15, -0.1) is 0 Å². The van der Waals surface area contributed by atoms with Gasteiger partial charge in [-0.2, -0.15) is 0 Å². The zero-order valence-corrected chi connectivity index (χ0v) is 4.91. The Bertz CT molecular complexity index is 185. The second kappa shape index (κ2) is 1.59. The van der Waals surface area contributed by atoms with Crippen molar-refractivity contribution in [2.24, 2.45) is 0 Å². The predicted molar refractivity (Wildman–Crippen MR) is 33.1 cm³/mol. The van der Waals surface area contributed by atoms with Gasteiger partial charge in [0.15, 0.2) is 0 Å². The third kappa shape index (κ3) is 0.588. The lowest BCUT2D eigenvalue weighted by molar-refractivity contribution is 0.234. The van der Waals surface area contributed by atoms with Crippen molar-refractivity contribution in [3.8, 4) is 0 Å². The Morgan fingerprint density at radius 2 is 2.67 bits per heavy atom. The Kier molecular flexibility index (Phi) is 0.886. The summed E-state index contributed by atoms with van der Waals surface area (Å²) in [6.45, 7) is 0.830. The Labute approximate surface area is 53.2 Å². The molecule has 2 N–H and O–H groups in total. The van der Waals surface area contributed by atoms with Crippen LogP contribution in [-0.4, -0.2) is 22.8 Å². The molecule has 0 bridgehead atoms. The molecule has 0 saturated heterocycles. The smallest absolute Gasteiger partial charge is 0.115 e. The summed E-state index contributed by atoms with van der Waals surface area (Å²) in [6, 6.07) is 0. The minimum Gasteiger partial charge on any atom is -0.383 e. The molecule has 0 radical (unpaired) electrons. The normalized spacial score (nSPS) is 31.0. The van der Waals surface area contributed by atoms with Crippen LogP contribution in [-0.2, 0) is 0 Å². The summed E-state index contributed by atoms with van der Waals surface area (Å²) >= 11 is 0. The molecule has 48 valence electrons. The number of nitrogens with zero attached hydrogens (tertiary/aromatic N) is 1. The highest BCUT2D eigenvalue weighted by molar-refractivity contribution is 5.25. The number of fused-ring (bicyclic) bond motifs is 1. The van der Waals surface area contributed by atoms with E-state index < -0.39 is 0 Å². The molecule has 0 amide bonds. The molecule has 2 aliphatic rings. The number of hydrazine groups is 1. The predicted octanol–water partition coefficient (Wildman–Crippen LogP) is -0.421. The van der Waals surface area contributed by atoms with E-state index in [1.54, 1.807) is 6.08 Å². The van der Waals surface area contributed by atoms with E-state index in [0.29, 0.717) is 0 Å². The minimum absolute atomic E-state index is 0.389. The van der Waals surface area contributed by atoms with Crippen molar-refractivity contribution in [1.29, 1.82) is 0 Å². The molecular formula is C6H8N2O. The van der Waals surface area contributed by atoms with Crippen LogP contribution in [0, 0.1) is 0 Å². The molecule has 0 aliphatic carbocycles. The molecule has 1 atom stereocenters. The minimum atomic E-state index is -0.389. The fraction of sp³-hybridized carbons (Fsp3) is 0.333. The zero-order chi connectivity index (χ0) is 6.27. The van der Waals surface area contributed by atoms with Gasteiger partial charge in [0.05, 0.1) is 5.70 Å². The second-order valence-electron chi connectivity index (χ2n) is 2.15. The van der Waals surface area contributed by atoms with Crippen LogP contribution in [0.2, 0.25) is 0 Å². The first kappa shape index (κ1) is 5.02. The number of hydrogen-bond acceptors (Lipinski definition) is 3. The highest BCUT2D eigenvalue weighted by Crippen LogP contribution is 2.19. The molecule has 0 aromatic rings. The van der Waals surface area contributed by atoms with E-state index in [2.05, 4.69) is 5.43 Å². The van der Waals surface area contributed by atoms with Gasteiger partial charge in [0.1, 0.15) is 6.10 Å². The van der Waals surface area contributed by atoms with E-state index in [1.807, 2.05) is 17.3 Å². The van der Waals surface area contributed by atoms with E-state index >= 15 is 0 Å². The van der Waals surface area contributed by atoms with Gasteiger partial charge < -0.3 is 5.11 Å². The molecule has 0 aromatic heterocycles. The average molecular weight is 124 g/mol. The van der Waals surface area contributed by atoms with Gasteiger partial charge in [0.25, 0.3) is 0 Å². The summed E-state index contributed by atoms with van der Waals surface area (Å²) in [7, 11) is 0. The number of nitrogens with one attached hydrogen (secondary N) is 1. The molecule has 2 aliphatic heterocycles. The molecular weight excluding hydrogens is 116 g/mol. The monoisotopic (exact) mass is 124 g/mol. The quantitative estimate of drug-likeness (QED) is 0.460. The van der Waals surface area contributed by atoms with Crippen LogP contribution < -0.4 is 5.43 Å². The highest BCUT2D eigenvalue weighted by Gasteiger charge is 2.22. The number of aliphatic hydroxyl groups is 1. The Morgan fingerprint density at radius 3 is 3.44 bits per heavy atom. The molecule has 9 heavy (non-hydrogen) atoms. The molecule has 0 aromatic carbocycles. The van der Waals surface area contributed by atoms with Crippen LogP contribution in [0.4, 0.5) is 0 Å². The van der Waals surface area contributed by atoms with E-state index in [-0.39, 0.29) is 6.10 Å². The van der Waals surface area contributed by atoms with Crippen molar-refractivity contribution in [1.82, 2.24) is 10.4 Å². The van der Waals surface area contributed by atoms with Crippen LogP contribution in [0.3, 0.4) is 0 Å². The van der Waals surface area contributed by atoms with E-state index in [0.717, 1.165) is 12.2 Å². The van der Waals surface area contributed by atoms with Crippen molar-refractivity contribution >= 4 is 0 Å². The average Bonchev–Trinajstić information content (AvgIpc) is 2.35. The lowest BCUT2D eigenvalue weighted by atomic mass is 10.3. The Morgan fingerprint density at radius 1 is 1.78 bits per heavy atom. The van der Waals surface area contributed by atoms with E-state index in [4.69, 9.17) is 5.11 Å². The molecule has 3 nitrogen and oxygen atoms in total. The lowest BCUT2D eigenvalue weighted by Gasteiger charge is -2.11. The van der Waals surface area contributed by atoms with Gasteiger partial charge in [0.2, 0.25) is 0 Å². The fourth-order valence-electron chi connectivity index (χ4n) is 1.11. The van der Waals surface area contributed by atoms with Crippen molar-refractivity contribution in [2.75, 3.05) is 6.54 Å². The summed E-state index contributed by atoms with van der Waals surface area (Å²) in [5.74, 6) is 0. The number of hydrogen-bond donors (Lipinski definition) is 2. The van der Waals surface area contributed by atoms with Crippen LogP contribution >= 0.6 is 0 Å². The molecule has 0 saturated carbocycles. The van der Waals surface area contributed by atoms with Gasteiger partial charge >= 0.3 is 0 Å². The summed E-state index contributed by atoms with van der Waals surface area (Å²) in [6.07, 6.45) is 5.17. The van der Waals surface area contributed by atoms with Crippen molar-refractivity contribution in [3.63, 3.8) is 0 Å². The van der Waals surface area contributed by atoms with Crippen LogP contribution in [0.15, 0.2) is 24.0 Å². The summed E-state index contributed by atoms with van der Waals surface area (Å²) in [5.41, 5.74) is 4.00. The topological polar surface area (TPSA) is 35.5 Å². The summed E-state index contributed by atoms with van der Waals surface area (Å²) < 4.78 is 0. The first-order valence-electron chi connectivity index (χ1n) is 2.97. The molecule has 2 rings (SSSR count). The third-order valence-corrected chi connectivity index (χ3v) is 1.57. The zero-order valence-electron chi connectivity index (χ0n) is 4.91. The first-order chi connectivity index (χ1) is 4.38. The van der Waals surface area contributed by atoms with Gasteiger partial charge in [0, 0.05) is 12.7 Å². The van der Waals surface area contributed by atoms with Gasteiger partial charge in [-0.05, 0) is 12.2 Å². The Hall–Kier alpha value is -0.800. The molecule has 1 unspecified atom stereocenters. The maximum atomic E-state index is 9.16. The molecule has 3 heteroatoms. The lowest BCUT2D eigenvalue weighted by Crippen LogP contribution is -2.25. The van der Waals surface area contributed by atoms with Gasteiger partial charge in [-0.3, -0.25) is 5.01 Å². The number of rotatable bonds is 0. The SMILES string of the molecule is OC1C=CN2NCC=C12. The van der Waals surface area contributed by atoms with Crippen molar-refractivity contribution in [3.05, 3.63) is 24.0 Å². The van der Waals surface area contributed by atoms with E-state index in [1.165, 1.54) is 0 Å². The first-order valence-corrected chi connectivity index (χ1v) is 2.97. The summed E-state index contributed by atoms with van der Waals surface area (Å²) in [5, 5.41) is 11.0. The molecule has 2 heterocycles. The third-order valence-electron chi connectivity index (χ3n) is 1.57. The standard InChI is InChI=1S/C6H8N2O/c9-6-2-4-8-5(6)1-3-7-8/h1-2,4,6-7,9H,3H2. The van der Waals surface area contributed by atoms with Crippen molar-refractivity contribution in [2.45, 2.75) is 6.10 Å². The van der Waals surface area contributed by atoms with Crippen LogP contribution in [0.1, 0.15) is 0 Å². The molecule has 0 spiro atoms. The maximum Gasteiger partial charge on any atom is 0.115 e. The maximum absolute atomic E-state index is 9.16. The van der Waals surface area contributed by atoms with E-state index in [9.17, 15) is 0 Å². The van der Waals surface area contributed by atoms with Gasteiger partial charge in [-0.25, -0.2) is 5.43 Å². The fourth-order valence-corrected chi connectivity index (χ4v) is 1.11.